The molecule has 1 heterocycles. The van der Waals surface area contributed by atoms with Gasteiger partial charge in [-0.05, 0) is 24.6 Å². The van der Waals surface area contributed by atoms with Crippen LogP contribution >= 0.6 is 0 Å². The molecule has 0 bridgehead atoms. The van der Waals surface area contributed by atoms with E-state index in [2.05, 4.69) is 15.9 Å². The molecule has 6 heteroatoms. The molecule has 1 aromatic rings. The number of carbonyl (C=O) groups excluding carboxylic acids is 1. The third kappa shape index (κ3) is 4.95. The molecule has 6 nitrogen and oxygen atoms in total. The highest BCUT2D eigenvalue weighted by atomic mass is 16.3. The average molecular weight is 330 g/mol. The third-order valence-electron chi connectivity index (χ3n) is 4.56. The molecule has 1 N–H and O–H groups in total. The van der Waals surface area contributed by atoms with E-state index in [0.717, 1.165) is 38.3 Å². The van der Waals surface area contributed by atoms with Crippen molar-refractivity contribution in [2.24, 2.45) is 0 Å². The SMILES string of the molecule is C[C@@H](C(=O)N(C)CCC#N)N1CCN(Cc2cccc(O)c2)CC1. The lowest BCUT2D eigenvalue weighted by Crippen LogP contribution is -2.53. The van der Waals surface area contributed by atoms with E-state index in [-0.39, 0.29) is 11.9 Å². The van der Waals surface area contributed by atoms with Crippen molar-refractivity contribution in [3.8, 4) is 11.8 Å². The van der Waals surface area contributed by atoms with Crippen molar-refractivity contribution in [1.82, 2.24) is 14.7 Å². The Morgan fingerprint density at radius 3 is 2.71 bits per heavy atom. The number of rotatable bonds is 6. The molecule has 0 radical (unpaired) electrons. The first-order valence-corrected chi connectivity index (χ1v) is 8.37. The van der Waals surface area contributed by atoms with Crippen molar-refractivity contribution in [3.05, 3.63) is 29.8 Å². The zero-order chi connectivity index (χ0) is 17.5. The molecule has 0 unspecified atom stereocenters. The summed E-state index contributed by atoms with van der Waals surface area (Å²) >= 11 is 0. The maximum Gasteiger partial charge on any atom is 0.239 e. The number of nitrogens with zero attached hydrogens (tertiary/aromatic N) is 4. The molecule has 1 atom stereocenters. The Hall–Kier alpha value is -2.10. The number of likely N-dealkylation sites (N-methyl/N-ethyl adjacent to an activating group) is 1. The van der Waals surface area contributed by atoms with Crippen molar-refractivity contribution in [1.29, 1.82) is 5.26 Å². The highest BCUT2D eigenvalue weighted by Gasteiger charge is 2.27. The number of carbonyl (C=O) groups is 1. The van der Waals surface area contributed by atoms with E-state index in [4.69, 9.17) is 5.26 Å². The van der Waals surface area contributed by atoms with Crippen molar-refractivity contribution in [2.75, 3.05) is 39.8 Å². The Bertz CT molecular complexity index is 591. The molecule has 0 saturated carbocycles. The predicted octanol–water partition coefficient (Wildman–Crippen LogP) is 1.27. The van der Waals surface area contributed by atoms with Gasteiger partial charge in [0.15, 0.2) is 0 Å². The number of hydrogen-bond donors (Lipinski definition) is 1. The second kappa shape index (κ2) is 8.67. The van der Waals surface area contributed by atoms with Crippen LogP contribution in [-0.4, -0.2) is 71.5 Å². The van der Waals surface area contributed by atoms with Crippen LogP contribution in [0.4, 0.5) is 0 Å². The molecule has 0 spiro atoms. The molecule has 1 aliphatic heterocycles. The largest absolute Gasteiger partial charge is 0.508 e. The molecule has 2 rings (SSSR count). The topological polar surface area (TPSA) is 70.8 Å². The number of benzene rings is 1. The molecule has 0 aromatic heterocycles. The van der Waals surface area contributed by atoms with Crippen molar-refractivity contribution in [3.63, 3.8) is 0 Å². The van der Waals surface area contributed by atoms with E-state index in [1.165, 1.54) is 0 Å². The van der Waals surface area contributed by atoms with Crippen LogP contribution in [0.2, 0.25) is 0 Å². The zero-order valence-corrected chi connectivity index (χ0v) is 14.5. The Morgan fingerprint density at radius 1 is 1.38 bits per heavy atom. The zero-order valence-electron chi connectivity index (χ0n) is 14.5. The Balaban J connectivity index is 1.81. The first-order chi connectivity index (χ1) is 11.5. The summed E-state index contributed by atoms with van der Waals surface area (Å²) in [6, 6.07) is 9.27. The van der Waals surface area contributed by atoms with E-state index in [0.29, 0.717) is 18.7 Å². The molecular formula is C18H26N4O2. The van der Waals surface area contributed by atoms with Gasteiger partial charge >= 0.3 is 0 Å². The van der Waals surface area contributed by atoms with Crippen LogP contribution in [-0.2, 0) is 11.3 Å². The van der Waals surface area contributed by atoms with Gasteiger partial charge in [-0.3, -0.25) is 14.6 Å². The second-order valence-electron chi connectivity index (χ2n) is 6.33. The monoisotopic (exact) mass is 330 g/mol. The van der Waals surface area contributed by atoms with Crippen LogP contribution in [0.15, 0.2) is 24.3 Å². The van der Waals surface area contributed by atoms with Gasteiger partial charge in [0.2, 0.25) is 5.91 Å². The van der Waals surface area contributed by atoms with E-state index in [1.807, 2.05) is 19.1 Å². The van der Waals surface area contributed by atoms with E-state index >= 15 is 0 Å². The van der Waals surface area contributed by atoms with Crippen LogP contribution in [0, 0.1) is 11.3 Å². The van der Waals surface area contributed by atoms with Crippen molar-refractivity contribution < 1.29 is 9.90 Å². The van der Waals surface area contributed by atoms with Gasteiger partial charge in [0, 0.05) is 46.3 Å². The molecular weight excluding hydrogens is 304 g/mol. The van der Waals surface area contributed by atoms with Crippen LogP contribution in [0.1, 0.15) is 18.9 Å². The quantitative estimate of drug-likeness (QED) is 0.850. The molecule has 1 aliphatic rings. The lowest BCUT2D eigenvalue weighted by Gasteiger charge is -2.38. The van der Waals surface area contributed by atoms with E-state index in [9.17, 15) is 9.90 Å². The lowest BCUT2D eigenvalue weighted by molar-refractivity contribution is -0.135. The van der Waals surface area contributed by atoms with Crippen molar-refractivity contribution in [2.45, 2.75) is 25.9 Å². The number of phenolic OH excluding ortho intramolecular Hbond substituents is 1. The minimum Gasteiger partial charge on any atom is -0.508 e. The maximum absolute atomic E-state index is 12.4. The van der Waals surface area contributed by atoms with Gasteiger partial charge < -0.3 is 10.0 Å². The lowest BCUT2D eigenvalue weighted by atomic mass is 10.1. The first-order valence-electron chi connectivity index (χ1n) is 8.37. The average Bonchev–Trinajstić information content (AvgIpc) is 2.59. The highest BCUT2D eigenvalue weighted by molar-refractivity contribution is 5.81. The third-order valence-corrected chi connectivity index (χ3v) is 4.56. The van der Waals surface area contributed by atoms with Gasteiger partial charge in [-0.25, -0.2) is 0 Å². The predicted molar refractivity (Wildman–Crippen MR) is 92.3 cm³/mol. The molecule has 1 amide bonds. The summed E-state index contributed by atoms with van der Waals surface area (Å²) in [5.74, 6) is 0.373. The molecule has 1 aromatic carbocycles. The molecule has 0 aliphatic carbocycles. The fraction of sp³-hybridized carbons (Fsp3) is 0.556. The van der Waals surface area contributed by atoms with Gasteiger partial charge in [-0.15, -0.1) is 0 Å². The number of phenols is 1. The standard InChI is InChI=1S/C18H26N4O2/c1-15(18(24)20(2)8-4-7-19)22-11-9-21(10-12-22)14-16-5-3-6-17(23)13-16/h3,5-6,13,15,23H,4,8-12,14H2,1-2H3/t15-/m0/s1. The van der Waals surface area contributed by atoms with Gasteiger partial charge in [-0.1, -0.05) is 12.1 Å². The summed E-state index contributed by atoms with van der Waals surface area (Å²) < 4.78 is 0. The van der Waals surface area contributed by atoms with Crippen LogP contribution in [0.25, 0.3) is 0 Å². The van der Waals surface area contributed by atoms with Gasteiger partial charge in [-0.2, -0.15) is 5.26 Å². The number of aromatic hydroxyl groups is 1. The van der Waals surface area contributed by atoms with E-state index < -0.39 is 0 Å². The fourth-order valence-corrected chi connectivity index (χ4v) is 3.02. The Kier molecular flexibility index (Phi) is 6.59. The summed E-state index contributed by atoms with van der Waals surface area (Å²) in [6.07, 6.45) is 0.368. The van der Waals surface area contributed by atoms with Crippen LogP contribution in [0.5, 0.6) is 5.75 Å². The van der Waals surface area contributed by atoms with Gasteiger partial charge in [0.05, 0.1) is 18.5 Å². The minimum atomic E-state index is -0.156. The summed E-state index contributed by atoms with van der Waals surface area (Å²) in [4.78, 5) is 18.6. The van der Waals surface area contributed by atoms with Crippen LogP contribution < -0.4 is 0 Å². The molecule has 1 fully saturated rings. The van der Waals surface area contributed by atoms with E-state index in [1.54, 1.807) is 24.1 Å². The minimum absolute atomic E-state index is 0.0756. The Morgan fingerprint density at radius 2 is 2.08 bits per heavy atom. The highest BCUT2D eigenvalue weighted by Crippen LogP contribution is 2.15. The van der Waals surface area contributed by atoms with Crippen LogP contribution in [0.3, 0.4) is 0 Å². The number of amides is 1. The number of hydrogen-bond acceptors (Lipinski definition) is 5. The van der Waals surface area contributed by atoms with Crippen molar-refractivity contribution >= 4 is 5.91 Å². The molecule has 24 heavy (non-hydrogen) atoms. The first kappa shape index (κ1) is 18.2. The maximum atomic E-state index is 12.4. The smallest absolute Gasteiger partial charge is 0.239 e. The summed E-state index contributed by atoms with van der Waals surface area (Å²) in [5, 5.41) is 18.2. The number of piperazine rings is 1. The molecule has 1 saturated heterocycles. The Labute approximate surface area is 143 Å². The summed E-state index contributed by atoms with van der Waals surface area (Å²) in [6.45, 7) is 6.72. The summed E-state index contributed by atoms with van der Waals surface area (Å²) in [7, 11) is 1.76. The fourth-order valence-electron chi connectivity index (χ4n) is 3.02. The second-order valence-corrected chi connectivity index (χ2v) is 6.33. The van der Waals surface area contributed by atoms with Gasteiger partial charge in [0.25, 0.3) is 0 Å². The normalized spacial score (nSPS) is 17.2. The van der Waals surface area contributed by atoms with Gasteiger partial charge in [0.1, 0.15) is 5.75 Å². The number of nitriles is 1. The molecule has 130 valence electrons. The summed E-state index contributed by atoms with van der Waals surface area (Å²) in [5.41, 5.74) is 1.10.